The van der Waals surface area contributed by atoms with Crippen LogP contribution in [0.25, 0.3) is 0 Å². The monoisotopic (exact) mass is 302 g/mol. The number of hydrogen-bond acceptors (Lipinski definition) is 5. The second kappa shape index (κ2) is 7.24. The number of rotatable bonds is 7. The van der Waals surface area contributed by atoms with Gasteiger partial charge in [-0.1, -0.05) is 13.8 Å². The highest BCUT2D eigenvalue weighted by molar-refractivity contribution is 8.01. The van der Waals surface area contributed by atoms with Gasteiger partial charge in [-0.15, -0.1) is 0 Å². The molecule has 0 fully saturated rings. The maximum absolute atomic E-state index is 12.1. The summed E-state index contributed by atoms with van der Waals surface area (Å²) in [5.41, 5.74) is 0.886. The zero-order valence-electron chi connectivity index (χ0n) is 11.9. The maximum Gasteiger partial charge on any atom is 0.154 e. The van der Waals surface area contributed by atoms with E-state index in [1.54, 1.807) is 38.0 Å². The van der Waals surface area contributed by atoms with Crippen molar-refractivity contribution in [1.82, 2.24) is 9.97 Å². The fraction of sp³-hybridized carbons (Fsp3) is 0.692. The Morgan fingerprint density at radius 1 is 1.16 bits per heavy atom. The number of sulfone groups is 1. The van der Waals surface area contributed by atoms with E-state index in [0.717, 1.165) is 11.3 Å². The molecule has 0 N–H and O–H groups in total. The molecule has 0 aromatic carbocycles. The molecule has 108 valence electrons. The van der Waals surface area contributed by atoms with Gasteiger partial charge in [0.1, 0.15) is 6.33 Å². The molecule has 0 saturated carbocycles. The molecule has 4 nitrogen and oxygen atoms in total. The lowest BCUT2D eigenvalue weighted by molar-refractivity contribution is 0.586. The van der Waals surface area contributed by atoms with Crippen LogP contribution in [-0.2, 0) is 9.84 Å². The van der Waals surface area contributed by atoms with Gasteiger partial charge in [-0.25, -0.2) is 18.4 Å². The Hall–Kier alpha value is -0.620. The lowest BCUT2D eigenvalue weighted by atomic mass is 10.2. The molecule has 1 heterocycles. The van der Waals surface area contributed by atoms with Crippen LogP contribution in [0.15, 0.2) is 18.7 Å². The summed E-state index contributed by atoms with van der Waals surface area (Å²) in [4.78, 5) is 7.98. The van der Waals surface area contributed by atoms with Crippen molar-refractivity contribution in [3.05, 3.63) is 24.3 Å². The van der Waals surface area contributed by atoms with Gasteiger partial charge in [0.05, 0.1) is 11.0 Å². The molecule has 19 heavy (non-hydrogen) atoms. The van der Waals surface area contributed by atoms with Gasteiger partial charge in [0, 0.05) is 23.2 Å². The SMILES string of the molecule is CC(C)CSC(CS(=O)(=O)C(C)C)c1cncnc1. The van der Waals surface area contributed by atoms with Crippen LogP contribution in [0.1, 0.15) is 38.5 Å². The predicted octanol–water partition coefficient (Wildman–Crippen LogP) is 2.73. The molecule has 0 spiro atoms. The summed E-state index contributed by atoms with van der Waals surface area (Å²) >= 11 is 1.67. The van der Waals surface area contributed by atoms with E-state index in [4.69, 9.17) is 0 Å². The minimum Gasteiger partial charge on any atom is -0.244 e. The highest BCUT2D eigenvalue weighted by Crippen LogP contribution is 2.31. The second-order valence-electron chi connectivity index (χ2n) is 5.27. The molecule has 0 aliphatic rings. The Morgan fingerprint density at radius 3 is 2.21 bits per heavy atom. The maximum atomic E-state index is 12.1. The fourth-order valence-electron chi connectivity index (χ4n) is 1.43. The molecule has 1 aromatic rings. The first-order valence-electron chi connectivity index (χ1n) is 6.41. The molecular formula is C13H22N2O2S2. The Balaban J connectivity index is 2.88. The van der Waals surface area contributed by atoms with Crippen molar-refractivity contribution in [3.8, 4) is 0 Å². The van der Waals surface area contributed by atoms with Gasteiger partial charge in [0.25, 0.3) is 0 Å². The van der Waals surface area contributed by atoms with Gasteiger partial charge in [0.15, 0.2) is 9.84 Å². The molecule has 0 amide bonds. The van der Waals surface area contributed by atoms with E-state index >= 15 is 0 Å². The molecule has 0 bridgehead atoms. The number of nitrogens with zero attached hydrogens (tertiary/aromatic N) is 2. The zero-order valence-corrected chi connectivity index (χ0v) is 13.5. The van der Waals surface area contributed by atoms with Gasteiger partial charge < -0.3 is 0 Å². The Bertz CT molecular complexity index is 473. The third kappa shape index (κ3) is 5.48. The summed E-state index contributed by atoms with van der Waals surface area (Å²) < 4.78 is 24.2. The summed E-state index contributed by atoms with van der Waals surface area (Å²) in [5.74, 6) is 1.60. The van der Waals surface area contributed by atoms with E-state index in [0.29, 0.717) is 5.92 Å². The molecule has 1 aromatic heterocycles. The molecule has 1 unspecified atom stereocenters. The summed E-state index contributed by atoms with van der Waals surface area (Å²) in [6, 6.07) is 0. The van der Waals surface area contributed by atoms with Gasteiger partial charge >= 0.3 is 0 Å². The van der Waals surface area contributed by atoms with Crippen LogP contribution in [0.4, 0.5) is 0 Å². The van der Waals surface area contributed by atoms with E-state index in [1.807, 2.05) is 0 Å². The van der Waals surface area contributed by atoms with Crippen molar-refractivity contribution in [2.45, 2.75) is 38.2 Å². The highest BCUT2D eigenvalue weighted by Gasteiger charge is 2.24. The van der Waals surface area contributed by atoms with Crippen LogP contribution in [-0.4, -0.2) is 35.1 Å². The minimum atomic E-state index is -3.07. The average Bonchev–Trinajstić information content (AvgIpc) is 2.35. The van der Waals surface area contributed by atoms with Gasteiger partial charge in [-0.05, 0) is 25.5 Å². The van der Waals surface area contributed by atoms with E-state index in [9.17, 15) is 8.42 Å². The fourth-order valence-corrected chi connectivity index (χ4v) is 4.31. The summed E-state index contributed by atoms with van der Waals surface area (Å²) in [5, 5.41) is -0.435. The lowest BCUT2D eigenvalue weighted by Gasteiger charge is -2.19. The first-order chi connectivity index (χ1) is 8.83. The largest absolute Gasteiger partial charge is 0.244 e. The molecule has 0 saturated heterocycles. The van der Waals surface area contributed by atoms with Crippen LogP contribution in [0.2, 0.25) is 0 Å². The summed E-state index contributed by atoms with van der Waals surface area (Å²) in [7, 11) is -3.07. The predicted molar refractivity (Wildman–Crippen MR) is 81.0 cm³/mol. The molecule has 0 radical (unpaired) electrons. The molecule has 6 heteroatoms. The van der Waals surface area contributed by atoms with Crippen LogP contribution >= 0.6 is 11.8 Å². The highest BCUT2D eigenvalue weighted by atomic mass is 32.2. The molecular weight excluding hydrogens is 280 g/mol. The average molecular weight is 302 g/mol. The third-order valence-corrected chi connectivity index (χ3v) is 6.83. The Morgan fingerprint density at radius 2 is 1.74 bits per heavy atom. The van der Waals surface area contributed by atoms with Crippen LogP contribution in [0.5, 0.6) is 0 Å². The first-order valence-corrected chi connectivity index (χ1v) is 9.17. The van der Waals surface area contributed by atoms with E-state index in [1.165, 1.54) is 6.33 Å². The second-order valence-corrected chi connectivity index (χ2v) is 9.10. The van der Waals surface area contributed by atoms with Gasteiger partial charge in [-0.3, -0.25) is 0 Å². The van der Waals surface area contributed by atoms with Crippen LogP contribution in [0.3, 0.4) is 0 Å². The van der Waals surface area contributed by atoms with Crippen LogP contribution in [0, 0.1) is 5.92 Å². The van der Waals surface area contributed by atoms with Crippen molar-refractivity contribution in [3.63, 3.8) is 0 Å². The van der Waals surface area contributed by atoms with E-state index in [-0.39, 0.29) is 16.3 Å². The van der Waals surface area contributed by atoms with Gasteiger partial charge in [0.2, 0.25) is 0 Å². The standard InChI is InChI=1S/C13H22N2O2S2/c1-10(2)7-18-13(8-19(16,17)11(3)4)12-5-14-9-15-6-12/h5-6,9-11,13H,7-8H2,1-4H3. The molecule has 1 rings (SSSR count). The van der Waals surface area contributed by atoms with Crippen molar-refractivity contribution >= 4 is 21.6 Å². The quantitative estimate of drug-likeness (QED) is 0.775. The third-order valence-electron chi connectivity index (χ3n) is 2.68. The van der Waals surface area contributed by atoms with Crippen molar-refractivity contribution < 1.29 is 8.42 Å². The zero-order chi connectivity index (χ0) is 14.5. The molecule has 1 atom stereocenters. The van der Waals surface area contributed by atoms with E-state index in [2.05, 4.69) is 23.8 Å². The topological polar surface area (TPSA) is 59.9 Å². The molecule has 0 aliphatic carbocycles. The molecule has 0 aliphatic heterocycles. The summed E-state index contributed by atoms with van der Waals surface area (Å²) in [6.45, 7) is 7.70. The van der Waals surface area contributed by atoms with E-state index < -0.39 is 9.84 Å². The van der Waals surface area contributed by atoms with Crippen molar-refractivity contribution in [2.24, 2.45) is 5.92 Å². The Kier molecular flexibility index (Phi) is 6.26. The number of hydrogen-bond donors (Lipinski definition) is 0. The lowest BCUT2D eigenvalue weighted by Crippen LogP contribution is -2.22. The smallest absolute Gasteiger partial charge is 0.154 e. The van der Waals surface area contributed by atoms with Crippen molar-refractivity contribution in [2.75, 3.05) is 11.5 Å². The normalized spacial score (nSPS) is 14.0. The number of thioether (sulfide) groups is 1. The minimum absolute atomic E-state index is 0.0870. The van der Waals surface area contributed by atoms with Crippen LogP contribution < -0.4 is 0 Å². The van der Waals surface area contributed by atoms with Gasteiger partial charge in [-0.2, -0.15) is 11.8 Å². The number of aromatic nitrogens is 2. The first kappa shape index (κ1) is 16.4. The summed E-state index contributed by atoms with van der Waals surface area (Å²) in [6.07, 6.45) is 4.88. The Labute approximate surface area is 120 Å². The van der Waals surface area contributed by atoms with Crippen molar-refractivity contribution in [1.29, 1.82) is 0 Å².